The van der Waals surface area contributed by atoms with Crippen molar-refractivity contribution in [1.29, 1.82) is 0 Å². The molecule has 0 aromatic heterocycles. The first-order chi connectivity index (χ1) is 16.2. The van der Waals surface area contributed by atoms with E-state index in [2.05, 4.69) is 21.9 Å². The van der Waals surface area contributed by atoms with E-state index in [0.29, 0.717) is 27.9 Å². The van der Waals surface area contributed by atoms with E-state index in [1.165, 1.54) is 31.4 Å². The summed E-state index contributed by atoms with van der Waals surface area (Å²) in [7, 11) is -2.31. The smallest absolute Gasteiger partial charge is 0.337 e. The molecule has 0 aliphatic carbocycles. The highest BCUT2D eigenvalue weighted by atomic mass is 32.2. The van der Waals surface area contributed by atoms with Gasteiger partial charge >= 0.3 is 5.97 Å². The number of amides is 1. The van der Waals surface area contributed by atoms with Gasteiger partial charge in [-0.3, -0.25) is 4.79 Å². The van der Waals surface area contributed by atoms with Gasteiger partial charge in [0.15, 0.2) is 0 Å². The van der Waals surface area contributed by atoms with Crippen LogP contribution in [0.3, 0.4) is 0 Å². The van der Waals surface area contributed by atoms with Gasteiger partial charge in [-0.05, 0) is 74.5 Å². The Balaban J connectivity index is 1.72. The second-order valence-electron chi connectivity index (χ2n) is 7.66. The summed E-state index contributed by atoms with van der Waals surface area (Å²) in [5, 5.41) is 2.79. The average Bonchev–Trinajstić information content (AvgIpc) is 2.82. The largest absolute Gasteiger partial charge is 0.465 e. The monoisotopic (exact) mass is 476 g/mol. The zero-order valence-electron chi connectivity index (χ0n) is 19.0. The molecule has 0 atom stereocenters. The number of methoxy groups -OCH3 is 1. The van der Waals surface area contributed by atoms with Gasteiger partial charge in [-0.25, -0.2) is 17.9 Å². The summed E-state index contributed by atoms with van der Waals surface area (Å²) in [4.78, 5) is 24.4. The van der Waals surface area contributed by atoms with E-state index in [-0.39, 0.29) is 16.8 Å². The maximum absolute atomic E-state index is 12.6. The van der Waals surface area contributed by atoms with E-state index in [9.17, 15) is 18.0 Å². The maximum Gasteiger partial charge on any atom is 0.337 e. The van der Waals surface area contributed by atoms with E-state index < -0.39 is 16.0 Å². The third-order valence-corrected chi connectivity index (χ3v) is 6.25. The number of hydrogen-bond acceptors (Lipinski definition) is 5. The molecule has 7 nitrogen and oxygen atoms in total. The molecular weight excluding hydrogens is 452 g/mol. The lowest BCUT2D eigenvalue weighted by atomic mass is 10.1. The number of hydrogen-bond donors (Lipinski definition) is 2. The van der Waals surface area contributed by atoms with Gasteiger partial charge in [-0.15, -0.1) is 0 Å². The summed E-state index contributed by atoms with van der Waals surface area (Å²) >= 11 is 0. The normalized spacial score (nSPS) is 10.8. The van der Waals surface area contributed by atoms with E-state index in [0.717, 1.165) is 0 Å². The summed E-state index contributed by atoms with van der Waals surface area (Å²) in [6.45, 7) is 3.47. The summed E-state index contributed by atoms with van der Waals surface area (Å²) in [6, 6.07) is 19.3. The molecule has 0 radical (unpaired) electrons. The predicted molar refractivity (Wildman–Crippen MR) is 130 cm³/mol. The fourth-order valence-corrected chi connectivity index (χ4v) is 4.28. The molecule has 1 amide bonds. The molecule has 0 fully saturated rings. The number of carbonyl (C=O) groups is 2. The number of sulfonamides is 1. The predicted octanol–water partition coefficient (Wildman–Crippen LogP) is 3.81. The minimum Gasteiger partial charge on any atom is -0.465 e. The van der Waals surface area contributed by atoms with Crippen LogP contribution in [0.1, 0.15) is 45.7 Å². The third-order valence-electron chi connectivity index (χ3n) is 4.57. The Morgan fingerprint density at radius 1 is 0.853 bits per heavy atom. The second-order valence-corrected chi connectivity index (χ2v) is 9.37. The molecule has 0 aliphatic heterocycles. The number of benzene rings is 3. The molecule has 0 bridgehead atoms. The molecule has 3 aromatic rings. The third kappa shape index (κ3) is 6.54. The van der Waals surface area contributed by atoms with E-state index in [1.807, 2.05) is 0 Å². The molecule has 0 heterocycles. The minimum atomic E-state index is -3.63. The van der Waals surface area contributed by atoms with Crippen molar-refractivity contribution < 1.29 is 22.7 Å². The number of anilines is 1. The topological polar surface area (TPSA) is 102 Å². The molecule has 3 rings (SSSR count). The van der Waals surface area contributed by atoms with Crippen LogP contribution in [-0.4, -0.2) is 33.4 Å². The Morgan fingerprint density at radius 2 is 1.47 bits per heavy atom. The molecule has 2 N–H and O–H groups in total. The van der Waals surface area contributed by atoms with Crippen LogP contribution < -0.4 is 10.0 Å². The number of nitrogens with one attached hydrogen (secondary N) is 2. The van der Waals surface area contributed by atoms with Crippen LogP contribution in [0.5, 0.6) is 0 Å². The van der Waals surface area contributed by atoms with Crippen molar-refractivity contribution in [3.8, 4) is 11.8 Å². The van der Waals surface area contributed by atoms with Gasteiger partial charge in [0, 0.05) is 28.4 Å². The molecular formula is C26H24N2O5S. The van der Waals surface area contributed by atoms with Gasteiger partial charge in [-0.2, -0.15) is 0 Å². The second kappa shape index (κ2) is 10.8. The number of esters is 1. The van der Waals surface area contributed by atoms with Gasteiger partial charge in [0.1, 0.15) is 0 Å². The van der Waals surface area contributed by atoms with Crippen LogP contribution in [0.25, 0.3) is 0 Å². The van der Waals surface area contributed by atoms with E-state index in [1.54, 1.807) is 62.4 Å². The highest BCUT2D eigenvalue weighted by molar-refractivity contribution is 7.89. The standard InChI is InChI=1S/C26H24N2O5S/c1-18(2)28-34(31,32)24-14-12-21(13-15-24)25(29)27-23-9-5-7-20(17-23)11-10-19-6-4-8-22(16-19)26(30)33-3/h4-9,12-18,28H,1-3H3,(H,27,29). The molecule has 0 unspecified atom stereocenters. The quantitative estimate of drug-likeness (QED) is 0.416. The zero-order chi connectivity index (χ0) is 24.7. The lowest BCUT2D eigenvalue weighted by Gasteiger charge is -2.10. The molecule has 3 aromatic carbocycles. The summed E-state index contributed by atoms with van der Waals surface area (Å²) in [6.07, 6.45) is 0. The van der Waals surface area contributed by atoms with Crippen molar-refractivity contribution in [1.82, 2.24) is 4.72 Å². The lowest BCUT2D eigenvalue weighted by Crippen LogP contribution is -2.30. The van der Waals surface area contributed by atoms with Crippen LogP contribution in [-0.2, 0) is 14.8 Å². The lowest BCUT2D eigenvalue weighted by molar-refractivity contribution is 0.0600. The van der Waals surface area contributed by atoms with Crippen LogP contribution in [0.4, 0.5) is 5.69 Å². The molecule has 0 saturated carbocycles. The van der Waals surface area contributed by atoms with Crippen molar-refractivity contribution in [3.63, 3.8) is 0 Å². The molecule has 0 aliphatic rings. The first-order valence-electron chi connectivity index (χ1n) is 10.4. The molecule has 0 saturated heterocycles. The Kier molecular flexibility index (Phi) is 7.84. The first-order valence-corrected chi connectivity index (χ1v) is 11.9. The van der Waals surface area contributed by atoms with Gasteiger partial charge in [0.2, 0.25) is 10.0 Å². The zero-order valence-corrected chi connectivity index (χ0v) is 19.8. The van der Waals surface area contributed by atoms with Gasteiger partial charge in [0.25, 0.3) is 5.91 Å². The molecule has 8 heteroatoms. The van der Waals surface area contributed by atoms with Crippen LogP contribution in [0.2, 0.25) is 0 Å². The highest BCUT2D eigenvalue weighted by Crippen LogP contribution is 2.15. The van der Waals surface area contributed by atoms with Crippen molar-refractivity contribution in [3.05, 3.63) is 95.1 Å². The molecule has 0 spiro atoms. The SMILES string of the molecule is COC(=O)c1cccc(C#Cc2cccc(NC(=O)c3ccc(S(=O)(=O)NC(C)C)cc3)c2)c1. The van der Waals surface area contributed by atoms with Crippen LogP contribution in [0, 0.1) is 11.8 Å². The van der Waals surface area contributed by atoms with Gasteiger partial charge in [-0.1, -0.05) is 24.0 Å². The van der Waals surface area contributed by atoms with Crippen molar-refractivity contribution >= 4 is 27.6 Å². The summed E-state index contributed by atoms with van der Waals surface area (Å²) in [5.74, 6) is 5.19. The number of ether oxygens (including phenoxy) is 1. The highest BCUT2D eigenvalue weighted by Gasteiger charge is 2.16. The fraction of sp³-hybridized carbons (Fsp3) is 0.154. The average molecular weight is 477 g/mol. The first kappa shape index (κ1) is 24.7. The van der Waals surface area contributed by atoms with Gasteiger partial charge in [0.05, 0.1) is 17.6 Å². The fourth-order valence-electron chi connectivity index (χ4n) is 3.03. The Bertz CT molecular complexity index is 1370. The maximum atomic E-state index is 12.6. The Morgan fingerprint density at radius 3 is 2.09 bits per heavy atom. The van der Waals surface area contributed by atoms with Gasteiger partial charge < -0.3 is 10.1 Å². The number of rotatable bonds is 6. The Labute approximate surface area is 199 Å². The van der Waals surface area contributed by atoms with Crippen molar-refractivity contribution in [2.24, 2.45) is 0 Å². The van der Waals surface area contributed by atoms with Crippen molar-refractivity contribution in [2.75, 3.05) is 12.4 Å². The minimum absolute atomic E-state index is 0.0892. The summed E-state index contributed by atoms with van der Waals surface area (Å²) < 4.78 is 31.7. The molecule has 34 heavy (non-hydrogen) atoms. The van der Waals surface area contributed by atoms with E-state index in [4.69, 9.17) is 4.74 Å². The Hall–Kier alpha value is -3.93. The van der Waals surface area contributed by atoms with Crippen molar-refractivity contribution in [2.45, 2.75) is 24.8 Å². The van der Waals surface area contributed by atoms with Crippen LogP contribution >= 0.6 is 0 Å². The van der Waals surface area contributed by atoms with Crippen LogP contribution in [0.15, 0.2) is 77.7 Å². The van der Waals surface area contributed by atoms with E-state index >= 15 is 0 Å². The summed E-state index contributed by atoms with van der Waals surface area (Å²) in [5.41, 5.74) is 2.59. The number of carbonyl (C=O) groups excluding carboxylic acids is 2. The molecule has 174 valence electrons.